The zero-order chi connectivity index (χ0) is 14.5. The van der Waals surface area contributed by atoms with E-state index in [9.17, 15) is 14.4 Å². The van der Waals surface area contributed by atoms with Crippen molar-refractivity contribution in [3.63, 3.8) is 0 Å². The van der Waals surface area contributed by atoms with Crippen LogP contribution in [0.15, 0.2) is 30.3 Å². The highest BCUT2D eigenvalue weighted by Crippen LogP contribution is 2.21. The van der Waals surface area contributed by atoms with Gasteiger partial charge in [0.25, 0.3) is 0 Å². The maximum absolute atomic E-state index is 12.0. The van der Waals surface area contributed by atoms with Crippen molar-refractivity contribution in [3.05, 3.63) is 35.9 Å². The second-order valence-corrected chi connectivity index (χ2v) is 4.69. The van der Waals surface area contributed by atoms with Gasteiger partial charge in [-0.05, 0) is 12.0 Å². The number of carbonyl (C=O) groups is 3. The molecule has 1 saturated heterocycles. The molecule has 1 aliphatic rings. The quantitative estimate of drug-likeness (QED) is 0.790. The van der Waals surface area contributed by atoms with E-state index in [1.807, 2.05) is 30.3 Å². The van der Waals surface area contributed by atoms with Gasteiger partial charge in [-0.2, -0.15) is 0 Å². The number of hydrogen-bond acceptors (Lipinski definition) is 4. The number of ketones is 1. The highest BCUT2D eigenvalue weighted by Gasteiger charge is 2.39. The molecule has 0 spiro atoms. The summed E-state index contributed by atoms with van der Waals surface area (Å²) in [5.41, 5.74) is 0.855. The van der Waals surface area contributed by atoms with E-state index in [-0.39, 0.29) is 18.9 Å². The van der Waals surface area contributed by atoms with E-state index < -0.39 is 17.9 Å². The second-order valence-electron chi connectivity index (χ2n) is 4.69. The molecule has 1 heterocycles. The number of ether oxygens (including phenoxy) is 1. The summed E-state index contributed by atoms with van der Waals surface area (Å²) in [5, 5.41) is 0. The molecule has 0 bridgehead atoms. The lowest BCUT2D eigenvalue weighted by Crippen LogP contribution is -2.35. The van der Waals surface area contributed by atoms with Crippen molar-refractivity contribution in [2.75, 3.05) is 6.54 Å². The zero-order valence-electron chi connectivity index (χ0n) is 11.4. The van der Waals surface area contributed by atoms with Gasteiger partial charge in [0.1, 0.15) is 12.4 Å². The molecule has 1 atom stereocenters. The normalized spacial score (nSPS) is 18.1. The predicted octanol–water partition coefficient (Wildman–Crippen LogP) is 2.15. The highest BCUT2D eigenvalue weighted by molar-refractivity contribution is 6.07. The summed E-state index contributed by atoms with van der Waals surface area (Å²) in [5.74, 6) is -1.23. The van der Waals surface area contributed by atoms with Crippen LogP contribution in [0.5, 0.6) is 0 Å². The van der Waals surface area contributed by atoms with Crippen LogP contribution in [-0.4, -0.2) is 29.2 Å². The van der Waals surface area contributed by atoms with Crippen LogP contribution in [-0.2, 0) is 20.9 Å². The number of likely N-dealkylation sites (tertiary alicyclic amines) is 1. The van der Waals surface area contributed by atoms with Crippen LogP contribution in [0, 0.1) is 5.92 Å². The summed E-state index contributed by atoms with van der Waals surface area (Å²) in [6.45, 7) is 2.09. The Labute approximate surface area is 117 Å². The predicted molar refractivity (Wildman–Crippen MR) is 71.7 cm³/mol. The second kappa shape index (κ2) is 6.32. The van der Waals surface area contributed by atoms with Crippen LogP contribution < -0.4 is 0 Å². The molecule has 2 amide bonds. The third kappa shape index (κ3) is 3.04. The third-order valence-corrected chi connectivity index (χ3v) is 3.37. The Morgan fingerprint density at radius 2 is 2.00 bits per heavy atom. The molecule has 0 N–H and O–H groups in total. The van der Waals surface area contributed by atoms with E-state index >= 15 is 0 Å². The van der Waals surface area contributed by atoms with Crippen molar-refractivity contribution in [2.24, 2.45) is 5.92 Å². The smallest absolute Gasteiger partial charge is 0.416 e. The van der Waals surface area contributed by atoms with Crippen molar-refractivity contribution in [2.45, 2.75) is 26.4 Å². The van der Waals surface area contributed by atoms with Gasteiger partial charge in [0.05, 0.1) is 5.92 Å². The van der Waals surface area contributed by atoms with Gasteiger partial charge in [-0.25, -0.2) is 9.69 Å². The standard InChI is InChI=1S/C15H17NO4/c1-2-13(17)12-8-9-16(14(12)18)15(19)20-10-11-6-4-3-5-7-11/h3-7,12H,2,8-10H2,1H3. The minimum absolute atomic E-state index is 0.117. The number of imide groups is 1. The van der Waals surface area contributed by atoms with Gasteiger partial charge < -0.3 is 4.74 Å². The number of carbonyl (C=O) groups excluding carboxylic acids is 3. The lowest BCUT2D eigenvalue weighted by molar-refractivity contribution is -0.135. The number of Topliss-reactive ketones (excluding diaryl/α,β-unsaturated/α-hetero) is 1. The molecular weight excluding hydrogens is 258 g/mol. The molecule has 20 heavy (non-hydrogen) atoms. The Bertz CT molecular complexity index is 512. The Morgan fingerprint density at radius 3 is 2.65 bits per heavy atom. The Balaban J connectivity index is 1.91. The first-order chi connectivity index (χ1) is 9.63. The first-order valence-corrected chi connectivity index (χ1v) is 6.68. The fourth-order valence-corrected chi connectivity index (χ4v) is 2.20. The molecule has 0 aromatic heterocycles. The molecule has 2 rings (SSSR count). The average Bonchev–Trinajstić information content (AvgIpc) is 2.87. The number of nitrogens with zero attached hydrogens (tertiary/aromatic N) is 1. The van der Waals surface area contributed by atoms with E-state index in [4.69, 9.17) is 4.74 Å². The summed E-state index contributed by atoms with van der Waals surface area (Å²) in [4.78, 5) is 36.4. The largest absolute Gasteiger partial charge is 0.444 e. The third-order valence-electron chi connectivity index (χ3n) is 3.37. The molecule has 0 aliphatic carbocycles. The zero-order valence-corrected chi connectivity index (χ0v) is 11.4. The van der Waals surface area contributed by atoms with Crippen LogP contribution in [0.1, 0.15) is 25.3 Å². The van der Waals surface area contributed by atoms with Crippen LogP contribution in [0.25, 0.3) is 0 Å². The lowest BCUT2D eigenvalue weighted by Gasteiger charge is -2.14. The van der Waals surface area contributed by atoms with Crippen LogP contribution in [0.2, 0.25) is 0 Å². The maximum Gasteiger partial charge on any atom is 0.416 e. The first kappa shape index (κ1) is 14.2. The number of amides is 2. The minimum atomic E-state index is -0.677. The van der Waals surface area contributed by atoms with Crippen molar-refractivity contribution < 1.29 is 19.1 Å². The molecule has 106 valence electrons. The van der Waals surface area contributed by atoms with Crippen LogP contribution in [0.3, 0.4) is 0 Å². The number of benzene rings is 1. The Kier molecular flexibility index (Phi) is 4.50. The number of hydrogen-bond donors (Lipinski definition) is 0. The lowest BCUT2D eigenvalue weighted by atomic mass is 10.0. The van der Waals surface area contributed by atoms with Gasteiger partial charge in [0.2, 0.25) is 5.91 Å². The topological polar surface area (TPSA) is 63.7 Å². The van der Waals surface area contributed by atoms with E-state index in [1.54, 1.807) is 6.92 Å². The molecule has 5 heteroatoms. The van der Waals surface area contributed by atoms with Gasteiger partial charge in [-0.15, -0.1) is 0 Å². The van der Waals surface area contributed by atoms with E-state index in [1.165, 1.54) is 0 Å². The van der Waals surface area contributed by atoms with E-state index in [0.717, 1.165) is 10.5 Å². The van der Waals surface area contributed by atoms with Crippen molar-refractivity contribution >= 4 is 17.8 Å². The Hall–Kier alpha value is -2.17. The highest BCUT2D eigenvalue weighted by atomic mass is 16.6. The molecule has 1 aliphatic heterocycles. The molecule has 0 saturated carbocycles. The summed E-state index contributed by atoms with van der Waals surface area (Å²) in [7, 11) is 0. The average molecular weight is 275 g/mol. The summed E-state index contributed by atoms with van der Waals surface area (Å²) in [6.07, 6.45) is 0.0279. The summed E-state index contributed by atoms with van der Waals surface area (Å²) in [6, 6.07) is 9.24. The van der Waals surface area contributed by atoms with E-state index in [2.05, 4.69) is 0 Å². The van der Waals surface area contributed by atoms with Crippen molar-refractivity contribution in [3.8, 4) is 0 Å². The van der Waals surface area contributed by atoms with Crippen LogP contribution >= 0.6 is 0 Å². The van der Waals surface area contributed by atoms with Gasteiger partial charge in [-0.1, -0.05) is 37.3 Å². The molecule has 1 unspecified atom stereocenters. The number of rotatable bonds is 4. The van der Waals surface area contributed by atoms with Crippen molar-refractivity contribution in [1.82, 2.24) is 4.90 Å². The molecular formula is C15H17NO4. The molecule has 1 aromatic carbocycles. The van der Waals surface area contributed by atoms with Crippen molar-refractivity contribution in [1.29, 1.82) is 0 Å². The summed E-state index contributed by atoms with van der Waals surface area (Å²) < 4.78 is 5.10. The van der Waals surface area contributed by atoms with Gasteiger partial charge in [0, 0.05) is 13.0 Å². The van der Waals surface area contributed by atoms with E-state index in [0.29, 0.717) is 12.8 Å². The van der Waals surface area contributed by atoms with Gasteiger partial charge in [0.15, 0.2) is 0 Å². The molecule has 1 fully saturated rings. The Morgan fingerprint density at radius 1 is 1.30 bits per heavy atom. The molecule has 1 aromatic rings. The fourth-order valence-electron chi connectivity index (χ4n) is 2.20. The van der Waals surface area contributed by atoms with Gasteiger partial charge in [-0.3, -0.25) is 9.59 Å². The molecule has 5 nitrogen and oxygen atoms in total. The maximum atomic E-state index is 12.0. The van der Waals surface area contributed by atoms with Crippen LogP contribution in [0.4, 0.5) is 4.79 Å². The fraction of sp³-hybridized carbons (Fsp3) is 0.400. The van der Waals surface area contributed by atoms with Gasteiger partial charge >= 0.3 is 6.09 Å². The minimum Gasteiger partial charge on any atom is -0.444 e. The molecule has 0 radical (unpaired) electrons. The SMILES string of the molecule is CCC(=O)C1CCN(C(=O)OCc2ccccc2)C1=O. The first-order valence-electron chi connectivity index (χ1n) is 6.68. The monoisotopic (exact) mass is 275 g/mol. The summed E-state index contributed by atoms with van der Waals surface area (Å²) >= 11 is 0.